The minimum atomic E-state index is 0.321. The molecule has 0 saturated carbocycles. The number of aromatic nitrogens is 2. The summed E-state index contributed by atoms with van der Waals surface area (Å²) in [5.41, 5.74) is 2.24. The zero-order valence-corrected chi connectivity index (χ0v) is 11.9. The molecule has 1 N–H and O–H groups in total. The van der Waals surface area contributed by atoms with Gasteiger partial charge < -0.3 is 9.84 Å². The summed E-state index contributed by atoms with van der Waals surface area (Å²) in [6, 6.07) is 8.61. The topological polar surface area (TPSA) is 51.0 Å². The SMILES string of the molecule is CNC1CSCC1c1nc(-c2ccc(C)cc2)no1. The van der Waals surface area contributed by atoms with Crippen LogP contribution in [-0.2, 0) is 0 Å². The molecule has 100 valence electrons. The lowest BCUT2D eigenvalue weighted by atomic mass is 10.0. The third-order valence-corrected chi connectivity index (χ3v) is 4.71. The Morgan fingerprint density at radius 3 is 2.79 bits per heavy atom. The van der Waals surface area contributed by atoms with Gasteiger partial charge in [0.05, 0.1) is 5.92 Å². The van der Waals surface area contributed by atoms with Crippen molar-refractivity contribution < 1.29 is 4.52 Å². The van der Waals surface area contributed by atoms with Gasteiger partial charge in [-0.25, -0.2) is 0 Å². The van der Waals surface area contributed by atoms with Crippen LogP contribution in [0.2, 0.25) is 0 Å². The summed E-state index contributed by atoms with van der Waals surface area (Å²) in [5.74, 6) is 3.90. The molecule has 0 bridgehead atoms. The lowest BCUT2D eigenvalue weighted by Crippen LogP contribution is -2.31. The zero-order valence-electron chi connectivity index (χ0n) is 11.1. The van der Waals surface area contributed by atoms with Crippen molar-refractivity contribution in [1.82, 2.24) is 15.5 Å². The zero-order chi connectivity index (χ0) is 13.2. The van der Waals surface area contributed by atoms with Crippen LogP contribution in [0.5, 0.6) is 0 Å². The molecule has 2 aromatic rings. The van der Waals surface area contributed by atoms with Crippen LogP contribution in [0.3, 0.4) is 0 Å². The number of hydrogen-bond donors (Lipinski definition) is 1. The second-order valence-electron chi connectivity index (χ2n) is 4.86. The van der Waals surface area contributed by atoms with E-state index < -0.39 is 0 Å². The molecule has 1 aliphatic heterocycles. The van der Waals surface area contributed by atoms with Crippen LogP contribution in [0.1, 0.15) is 17.4 Å². The van der Waals surface area contributed by atoms with Crippen molar-refractivity contribution in [3.8, 4) is 11.4 Å². The first-order valence-corrected chi connectivity index (χ1v) is 7.59. The van der Waals surface area contributed by atoms with Gasteiger partial charge in [-0.05, 0) is 14.0 Å². The second-order valence-corrected chi connectivity index (χ2v) is 5.94. The van der Waals surface area contributed by atoms with E-state index >= 15 is 0 Å². The first-order chi connectivity index (χ1) is 9.28. The Hall–Kier alpha value is -1.33. The van der Waals surface area contributed by atoms with Gasteiger partial charge in [0.1, 0.15) is 0 Å². The smallest absolute Gasteiger partial charge is 0.232 e. The van der Waals surface area contributed by atoms with Crippen LogP contribution in [0.15, 0.2) is 28.8 Å². The Balaban J connectivity index is 1.85. The maximum atomic E-state index is 5.45. The number of thioether (sulfide) groups is 1. The number of aryl methyl sites for hydroxylation is 1. The number of rotatable bonds is 3. The molecule has 1 aliphatic rings. The normalized spacial score (nSPS) is 22.8. The highest BCUT2D eigenvalue weighted by Gasteiger charge is 2.32. The molecule has 1 saturated heterocycles. The number of nitrogens with zero attached hydrogens (tertiary/aromatic N) is 2. The van der Waals surface area contributed by atoms with Crippen molar-refractivity contribution in [2.45, 2.75) is 18.9 Å². The molecule has 0 spiro atoms. The molecule has 1 aromatic carbocycles. The molecule has 1 aromatic heterocycles. The van der Waals surface area contributed by atoms with Crippen molar-refractivity contribution in [3.05, 3.63) is 35.7 Å². The summed E-state index contributed by atoms with van der Waals surface area (Å²) in [6.45, 7) is 2.07. The summed E-state index contributed by atoms with van der Waals surface area (Å²) in [5, 5.41) is 7.43. The van der Waals surface area contributed by atoms with Crippen LogP contribution in [0.25, 0.3) is 11.4 Å². The average molecular weight is 275 g/mol. The van der Waals surface area contributed by atoms with Gasteiger partial charge in [-0.2, -0.15) is 16.7 Å². The first-order valence-electron chi connectivity index (χ1n) is 6.43. The number of benzene rings is 1. The monoisotopic (exact) mass is 275 g/mol. The number of likely N-dealkylation sites (N-methyl/N-ethyl adjacent to an activating group) is 1. The van der Waals surface area contributed by atoms with Crippen LogP contribution in [0, 0.1) is 6.92 Å². The van der Waals surface area contributed by atoms with Crippen LogP contribution in [-0.4, -0.2) is 34.7 Å². The Morgan fingerprint density at radius 2 is 2.05 bits per heavy atom. The van der Waals surface area contributed by atoms with Gasteiger partial charge in [-0.15, -0.1) is 0 Å². The summed E-state index contributed by atoms with van der Waals surface area (Å²) in [7, 11) is 1.99. The molecule has 2 unspecified atom stereocenters. The minimum absolute atomic E-state index is 0.321. The third kappa shape index (κ3) is 2.53. The highest BCUT2D eigenvalue weighted by Crippen LogP contribution is 2.32. The van der Waals surface area contributed by atoms with Crippen molar-refractivity contribution >= 4 is 11.8 Å². The fourth-order valence-electron chi connectivity index (χ4n) is 2.29. The predicted octanol–water partition coefficient (Wildman–Crippen LogP) is 2.46. The van der Waals surface area contributed by atoms with Gasteiger partial charge in [-0.3, -0.25) is 0 Å². The van der Waals surface area contributed by atoms with Gasteiger partial charge in [0.15, 0.2) is 0 Å². The maximum absolute atomic E-state index is 5.45. The Morgan fingerprint density at radius 1 is 1.26 bits per heavy atom. The van der Waals surface area contributed by atoms with E-state index in [1.165, 1.54) is 5.56 Å². The standard InChI is InChI=1S/C14H17N3OS/c1-9-3-5-10(6-4-9)13-16-14(18-17-13)11-7-19-8-12(11)15-2/h3-6,11-12,15H,7-8H2,1-2H3. The molecular weight excluding hydrogens is 258 g/mol. The van der Waals surface area contributed by atoms with E-state index in [-0.39, 0.29) is 0 Å². The van der Waals surface area contributed by atoms with Gasteiger partial charge in [0.25, 0.3) is 0 Å². The van der Waals surface area contributed by atoms with Crippen LogP contribution in [0.4, 0.5) is 0 Å². The number of nitrogens with one attached hydrogen (secondary N) is 1. The molecule has 0 radical (unpaired) electrons. The molecule has 19 heavy (non-hydrogen) atoms. The Kier molecular flexibility index (Phi) is 3.57. The van der Waals surface area contributed by atoms with E-state index in [0.717, 1.165) is 23.0 Å². The van der Waals surface area contributed by atoms with Gasteiger partial charge in [0, 0.05) is 23.1 Å². The molecule has 4 nitrogen and oxygen atoms in total. The average Bonchev–Trinajstić information content (AvgIpc) is 3.07. The summed E-state index contributed by atoms with van der Waals surface area (Å²) >= 11 is 1.93. The minimum Gasteiger partial charge on any atom is -0.339 e. The Labute approximate surface area is 117 Å². The van der Waals surface area contributed by atoms with E-state index in [1.807, 2.05) is 30.9 Å². The lowest BCUT2D eigenvalue weighted by molar-refractivity contribution is 0.344. The summed E-state index contributed by atoms with van der Waals surface area (Å²) in [6.07, 6.45) is 0. The van der Waals surface area contributed by atoms with Gasteiger partial charge >= 0.3 is 0 Å². The second kappa shape index (κ2) is 5.35. The maximum Gasteiger partial charge on any atom is 0.232 e. The van der Waals surface area contributed by atoms with Crippen molar-refractivity contribution in [2.24, 2.45) is 0 Å². The third-order valence-electron chi connectivity index (χ3n) is 3.52. The predicted molar refractivity (Wildman–Crippen MR) is 77.4 cm³/mol. The van der Waals surface area contributed by atoms with E-state index in [1.54, 1.807) is 0 Å². The van der Waals surface area contributed by atoms with Crippen LogP contribution >= 0.6 is 11.8 Å². The van der Waals surface area contributed by atoms with Gasteiger partial charge in [0.2, 0.25) is 11.7 Å². The van der Waals surface area contributed by atoms with Crippen LogP contribution < -0.4 is 5.32 Å². The Bertz CT molecular complexity index is 552. The number of hydrogen-bond acceptors (Lipinski definition) is 5. The molecule has 5 heteroatoms. The molecule has 0 amide bonds. The molecule has 2 atom stereocenters. The van der Waals surface area contributed by atoms with Gasteiger partial charge in [-0.1, -0.05) is 35.0 Å². The molecule has 0 aliphatic carbocycles. The van der Waals surface area contributed by atoms with E-state index in [2.05, 4.69) is 34.5 Å². The summed E-state index contributed by atoms with van der Waals surface area (Å²) in [4.78, 5) is 4.56. The van der Waals surface area contributed by atoms with Crippen molar-refractivity contribution in [3.63, 3.8) is 0 Å². The van der Waals surface area contributed by atoms with Crippen molar-refractivity contribution in [2.75, 3.05) is 18.6 Å². The first kappa shape index (κ1) is 12.7. The fraction of sp³-hybridized carbons (Fsp3) is 0.429. The van der Waals surface area contributed by atoms with E-state index in [9.17, 15) is 0 Å². The fourth-order valence-corrected chi connectivity index (χ4v) is 3.71. The molecule has 1 fully saturated rings. The lowest BCUT2D eigenvalue weighted by Gasteiger charge is -2.13. The molecular formula is C14H17N3OS. The van der Waals surface area contributed by atoms with Crippen molar-refractivity contribution in [1.29, 1.82) is 0 Å². The highest BCUT2D eigenvalue weighted by molar-refractivity contribution is 7.99. The molecule has 3 rings (SSSR count). The quantitative estimate of drug-likeness (QED) is 0.932. The largest absolute Gasteiger partial charge is 0.339 e. The molecule has 2 heterocycles. The highest BCUT2D eigenvalue weighted by atomic mass is 32.2. The van der Waals surface area contributed by atoms with E-state index in [4.69, 9.17) is 4.52 Å². The summed E-state index contributed by atoms with van der Waals surface area (Å²) < 4.78 is 5.45. The van der Waals surface area contributed by atoms with E-state index in [0.29, 0.717) is 17.8 Å².